The van der Waals surface area contributed by atoms with E-state index in [0.29, 0.717) is 17.2 Å². The van der Waals surface area contributed by atoms with E-state index in [1.807, 2.05) is 12.1 Å². The summed E-state index contributed by atoms with van der Waals surface area (Å²) in [4.78, 5) is 11.7. The van der Waals surface area contributed by atoms with Crippen LogP contribution >= 0.6 is 0 Å². The van der Waals surface area contributed by atoms with E-state index in [-0.39, 0.29) is 11.4 Å². The largest absolute Gasteiger partial charge is 0.508 e. The highest BCUT2D eigenvalue weighted by Gasteiger charge is 2.52. The van der Waals surface area contributed by atoms with Crippen LogP contribution in [0.1, 0.15) is 47.2 Å². The second-order valence-electron chi connectivity index (χ2n) is 7.17. The predicted molar refractivity (Wildman–Crippen MR) is 92.1 cm³/mol. The first-order chi connectivity index (χ1) is 11.6. The first-order valence-electron chi connectivity index (χ1n) is 8.62. The number of hydrogen-bond donors (Lipinski definition) is 1. The number of carbonyl (C=O) groups is 1. The number of rotatable bonds is 3. The van der Waals surface area contributed by atoms with Crippen molar-refractivity contribution in [1.82, 2.24) is 0 Å². The molecule has 3 atom stereocenters. The number of benzene rings is 2. The fourth-order valence-corrected chi connectivity index (χ4v) is 4.98. The van der Waals surface area contributed by atoms with Crippen LogP contribution in [0.2, 0.25) is 0 Å². The van der Waals surface area contributed by atoms with Crippen LogP contribution in [0.5, 0.6) is 5.75 Å². The Balaban J connectivity index is 1.79. The molecule has 0 heterocycles. The molecule has 4 rings (SSSR count). The lowest BCUT2D eigenvalue weighted by Gasteiger charge is -2.39. The van der Waals surface area contributed by atoms with Gasteiger partial charge in [0.15, 0.2) is 0 Å². The Bertz CT molecular complexity index is 748. The van der Waals surface area contributed by atoms with Gasteiger partial charge in [-0.2, -0.15) is 0 Å². The number of methoxy groups -OCH3 is 1. The van der Waals surface area contributed by atoms with Crippen LogP contribution in [-0.2, 0) is 10.2 Å². The standard InChI is InChI=1S/C21H22O3/c1-24-20(23)15-3-6-16(7-4-15)21(13-14-2-5-18(21)12-14)17-8-10-19(22)11-9-17/h3-4,6-11,14,18,22H,2,5,12-13H2,1H3/t14?,18-,21+/m1/s1. The van der Waals surface area contributed by atoms with Crippen molar-refractivity contribution in [3.05, 3.63) is 65.2 Å². The van der Waals surface area contributed by atoms with Crippen molar-refractivity contribution in [3.63, 3.8) is 0 Å². The third kappa shape index (κ3) is 2.22. The zero-order chi connectivity index (χ0) is 16.7. The molecule has 2 aromatic carbocycles. The van der Waals surface area contributed by atoms with E-state index in [2.05, 4.69) is 24.3 Å². The Kier molecular flexibility index (Phi) is 3.60. The number of carbonyl (C=O) groups excluding carboxylic acids is 1. The van der Waals surface area contributed by atoms with E-state index in [0.717, 1.165) is 12.3 Å². The second kappa shape index (κ2) is 5.66. The topological polar surface area (TPSA) is 46.5 Å². The van der Waals surface area contributed by atoms with Gasteiger partial charge >= 0.3 is 5.97 Å². The van der Waals surface area contributed by atoms with Gasteiger partial charge in [-0.1, -0.05) is 30.7 Å². The average molecular weight is 322 g/mol. The minimum atomic E-state index is -0.298. The Morgan fingerprint density at radius 3 is 2.17 bits per heavy atom. The van der Waals surface area contributed by atoms with E-state index < -0.39 is 0 Å². The lowest BCUT2D eigenvalue weighted by molar-refractivity contribution is 0.0600. The van der Waals surface area contributed by atoms with Gasteiger partial charge in [-0.3, -0.25) is 0 Å². The first-order valence-corrected chi connectivity index (χ1v) is 8.62. The molecule has 0 aliphatic heterocycles. The van der Waals surface area contributed by atoms with Crippen LogP contribution in [0.25, 0.3) is 0 Å². The van der Waals surface area contributed by atoms with Crippen molar-refractivity contribution in [3.8, 4) is 5.75 Å². The van der Waals surface area contributed by atoms with E-state index in [1.165, 1.54) is 37.5 Å². The third-order valence-corrected chi connectivity index (χ3v) is 6.05. The second-order valence-corrected chi connectivity index (χ2v) is 7.17. The molecule has 2 saturated carbocycles. The molecule has 3 heteroatoms. The summed E-state index contributed by atoms with van der Waals surface area (Å²) in [6, 6.07) is 15.6. The average Bonchev–Trinajstić information content (AvgIpc) is 3.23. The van der Waals surface area contributed by atoms with Crippen LogP contribution in [0.4, 0.5) is 0 Å². The molecule has 3 nitrogen and oxygen atoms in total. The fourth-order valence-electron chi connectivity index (χ4n) is 4.98. The number of fused-ring (bicyclic) bond motifs is 2. The lowest BCUT2D eigenvalue weighted by atomic mass is 9.64. The summed E-state index contributed by atoms with van der Waals surface area (Å²) in [6.45, 7) is 0. The lowest BCUT2D eigenvalue weighted by Crippen LogP contribution is -2.34. The summed E-state index contributed by atoms with van der Waals surface area (Å²) in [5, 5.41) is 9.66. The number of aromatic hydroxyl groups is 1. The molecule has 2 bridgehead atoms. The van der Waals surface area contributed by atoms with Gasteiger partial charge in [-0.15, -0.1) is 0 Å². The molecule has 0 radical (unpaired) electrons. The molecule has 1 unspecified atom stereocenters. The number of phenols is 1. The molecule has 0 saturated heterocycles. The number of esters is 1. The third-order valence-electron chi connectivity index (χ3n) is 6.05. The maximum absolute atomic E-state index is 11.7. The zero-order valence-corrected chi connectivity index (χ0v) is 13.9. The van der Waals surface area contributed by atoms with Gasteiger partial charge in [-0.25, -0.2) is 4.79 Å². The van der Waals surface area contributed by atoms with Gasteiger partial charge in [0.05, 0.1) is 12.7 Å². The fraction of sp³-hybridized carbons (Fsp3) is 0.381. The molecule has 1 N–H and O–H groups in total. The van der Waals surface area contributed by atoms with E-state index in [9.17, 15) is 9.90 Å². The van der Waals surface area contributed by atoms with Gasteiger partial charge in [0.2, 0.25) is 0 Å². The quantitative estimate of drug-likeness (QED) is 0.858. The first kappa shape index (κ1) is 15.3. The van der Waals surface area contributed by atoms with Crippen molar-refractivity contribution < 1.29 is 14.6 Å². The summed E-state index contributed by atoms with van der Waals surface area (Å²) in [6.07, 6.45) is 5.01. The van der Waals surface area contributed by atoms with Crippen molar-refractivity contribution in [2.45, 2.75) is 31.1 Å². The summed E-state index contributed by atoms with van der Waals surface area (Å²) >= 11 is 0. The van der Waals surface area contributed by atoms with E-state index in [4.69, 9.17) is 4.74 Å². The summed E-state index contributed by atoms with van der Waals surface area (Å²) in [7, 11) is 1.41. The molecule has 2 aromatic rings. The van der Waals surface area contributed by atoms with Crippen LogP contribution in [0, 0.1) is 11.8 Å². The van der Waals surface area contributed by atoms with Gasteiger partial charge in [0.25, 0.3) is 0 Å². The van der Waals surface area contributed by atoms with Crippen molar-refractivity contribution >= 4 is 5.97 Å². The Morgan fingerprint density at radius 1 is 1.04 bits per heavy atom. The maximum Gasteiger partial charge on any atom is 0.337 e. The Labute approximate surface area is 142 Å². The molecular weight excluding hydrogens is 300 g/mol. The monoisotopic (exact) mass is 322 g/mol. The van der Waals surface area contributed by atoms with Crippen LogP contribution < -0.4 is 0 Å². The summed E-state index contributed by atoms with van der Waals surface area (Å²) < 4.78 is 4.81. The number of phenolic OH excluding ortho intramolecular Hbond substituents is 1. The van der Waals surface area contributed by atoms with Crippen LogP contribution in [0.3, 0.4) is 0 Å². The van der Waals surface area contributed by atoms with Crippen molar-refractivity contribution in [2.24, 2.45) is 11.8 Å². The molecule has 0 aromatic heterocycles. The van der Waals surface area contributed by atoms with E-state index >= 15 is 0 Å². The Hall–Kier alpha value is -2.29. The van der Waals surface area contributed by atoms with Gasteiger partial charge in [0, 0.05) is 5.41 Å². The minimum absolute atomic E-state index is 0.00522. The highest BCUT2D eigenvalue weighted by molar-refractivity contribution is 5.89. The van der Waals surface area contributed by atoms with Crippen molar-refractivity contribution in [2.75, 3.05) is 7.11 Å². The molecule has 0 amide bonds. The van der Waals surface area contributed by atoms with E-state index in [1.54, 1.807) is 12.1 Å². The molecule has 2 aliphatic carbocycles. The predicted octanol–water partition coefficient (Wildman–Crippen LogP) is 4.28. The maximum atomic E-state index is 11.7. The minimum Gasteiger partial charge on any atom is -0.508 e. The van der Waals surface area contributed by atoms with Crippen LogP contribution in [-0.4, -0.2) is 18.2 Å². The molecule has 2 fully saturated rings. The summed E-state index contributed by atoms with van der Waals surface area (Å²) in [5.41, 5.74) is 3.14. The van der Waals surface area contributed by atoms with Crippen molar-refractivity contribution in [1.29, 1.82) is 0 Å². The molecular formula is C21H22O3. The normalized spacial score (nSPS) is 28.0. The van der Waals surface area contributed by atoms with Crippen LogP contribution in [0.15, 0.2) is 48.5 Å². The molecule has 24 heavy (non-hydrogen) atoms. The molecule has 0 spiro atoms. The molecule has 2 aliphatic rings. The highest BCUT2D eigenvalue weighted by Crippen LogP contribution is 2.60. The number of ether oxygens (including phenoxy) is 1. The van der Waals surface area contributed by atoms with Gasteiger partial charge in [0.1, 0.15) is 5.75 Å². The SMILES string of the molecule is COC(=O)c1ccc([C@]2(c3ccc(O)cc3)CC3CC[C@@H]2C3)cc1. The summed E-state index contributed by atoms with van der Waals surface area (Å²) in [5.74, 6) is 1.42. The van der Waals surface area contributed by atoms with Gasteiger partial charge in [-0.05, 0) is 66.5 Å². The van der Waals surface area contributed by atoms with Gasteiger partial charge < -0.3 is 9.84 Å². The number of hydrogen-bond acceptors (Lipinski definition) is 3. The highest BCUT2D eigenvalue weighted by atomic mass is 16.5. The molecule has 124 valence electrons. The Morgan fingerprint density at radius 2 is 1.67 bits per heavy atom. The zero-order valence-electron chi connectivity index (χ0n) is 13.9. The smallest absolute Gasteiger partial charge is 0.337 e.